The van der Waals surface area contributed by atoms with Crippen LogP contribution in [-0.4, -0.2) is 12.9 Å². The number of benzene rings is 1. The summed E-state index contributed by atoms with van der Waals surface area (Å²) in [5, 5.41) is 0. The standard InChI is InChI=1S/C20H30O2/c1-5-7-12-20(13-8-6-2)14-11-16-17(22-4)10-9-15(3)18(16)19(20)21/h9-10H,5-8,11-14H2,1-4H3. The lowest BCUT2D eigenvalue weighted by molar-refractivity contribution is 0.0705. The van der Waals surface area contributed by atoms with E-state index >= 15 is 0 Å². The molecule has 0 aliphatic heterocycles. The Hall–Kier alpha value is -1.31. The van der Waals surface area contributed by atoms with Crippen molar-refractivity contribution in [3.8, 4) is 5.75 Å². The molecule has 0 unspecified atom stereocenters. The SMILES string of the molecule is CCCCC1(CCCC)CCc2c(OC)ccc(C)c2C1=O. The first kappa shape index (κ1) is 17.1. The van der Waals surface area contributed by atoms with Gasteiger partial charge in [0.15, 0.2) is 5.78 Å². The van der Waals surface area contributed by atoms with Crippen LogP contribution in [0, 0.1) is 12.3 Å². The fraction of sp³-hybridized carbons (Fsp3) is 0.650. The number of hydrogen-bond donors (Lipinski definition) is 0. The number of aryl methyl sites for hydroxylation is 1. The van der Waals surface area contributed by atoms with Crippen LogP contribution in [0.2, 0.25) is 0 Å². The van der Waals surface area contributed by atoms with Crippen LogP contribution in [0.25, 0.3) is 0 Å². The smallest absolute Gasteiger partial charge is 0.169 e. The van der Waals surface area contributed by atoms with E-state index in [2.05, 4.69) is 20.8 Å². The van der Waals surface area contributed by atoms with Crippen molar-refractivity contribution in [3.05, 3.63) is 28.8 Å². The molecule has 2 rings (SSSR count). The number of hydrogen-bond acceptors (Lipinski definition) is 2. The topological polar surface area (TPSA) is 26.3 Å². The van der Waals surface area contributed by atoms with Gasteiger partial charge < -0.3 is 4.74 Å². The predicted molar refractivity (Wildman–Crippen MR) is 91.9 cm³/mol. The van der Waals surface area contributed by atoms with E-state index in [1.54, 1.807) is 7.11 Å². The normalized spacial score (nSPS) is 16.5. The van der Waals surface area contributed by atoms with Gasteiger partial charge in [-0.3, -0.25) is 4.79 Å². The summed E-state index contributed by atoms with van der Waals surface area (Å²) in [4.78, 5) is 13.4. The Bertz CT molecular complexity index is 523. The van der Waals surface area contributed by atoms with Crippen molar-refractivity contribution in [2.75, 3.05) is 7.11 Å². The third-order valence-corrected chi connectivity index (χ3v) is 5.28. The van der Waals surface area contributed by atoms with Gasteiger partial charge >= 0.3 is 0 Å². The zero-order valence-corrected chi connectivity index (χ0v) is 14.6. The number of carbonyl (C=O) groups is 1. The minimum atomic E-state index is -0.129. The summed E-state index contributed by atoms with van der Waals surface area (Å²) in [6.07, 6.45) is 8.65. The highest BCUT2D eigenvalue weighted by molar-refractivity contribution is 6.04. The van der Waals surface area contributed by atoms with E-state index < -0.39 is 0 Å². The molecule has 0 saturated heterocycles. The molecule has 122 valence electrons. The van der Waals surface area contributed by atoms with E-state index in [1.807, 2.05) is 12.1 Å². The van der Waals surface area contributed by atoms with Gasteiger partial charge in [0, 0.05) is 16.5 Å². The number of carbonyl (C=O) groups excluding carboxylic acids is 1. The summed E-state index contributed by atoms with van der Waals surface area (Å²) < 4.78 is 5.49. The molecule has 0 aromatic heterocycles. The second-order valence-electron chi connectivity index (χ2n) is 6.75. The monoisotopic (exact) mass is 302 g/mol. The lowest BCUT2D eigenvalue weighted by Crippen LogP contribution is -2.37. The molecule has 0 saturated carbocycles. The van der Waals surface area contributed by atoms with Crippen molar-refractivity contribution in [2.24, 2.45) is 5.41 Å². The molecule has 2 nitrogen and oxygen atoms in total. The van der Waals surface area contributed by atoms with Crippen LogP contribution in [-0.2, 0) is 6.42 Å². The molecule has 1 aliphatic carbocycles. The molecule has 22 heavy (non-hydrogen) atoms. The highest BCUT2D eigenvalue weighted by Crippen LogP contribution is 2.46. The van der Waals surface area contributed by atoms with Crippen LogP contribution in [0.4, 0.5) is 0 Å². The van der Waals surface area contributed by atoms with E-state index in [4.69, 9.17) is 4.74 Å². The lowest BCUT2D eigenvalue weighted by atomic mass is 9.64. The van der Waals surface area contributed by atoms with Crippen molar-refractivity contribution < 1.29 is 9.53 Å². The highest BCUT2D eigenvalue weighted by atomic mass is 16.5. The van der Waals surface area contributed by atoms with Crippen LogP contribution in [0.15, 0.2) is 12.1 Å². The van der Waals surface area contributed by atoms with Crippen LogP contribution in [0.5, 0.6) is 5.75 Å². The number of fused-ring (bicyclic) bond motifs is 1. The maximum atomic E-state index is 13.4. The van der Waals surface area contributed by atoms with Crippen molar-refractivity contribution in [2.45, 2.75) is 72.1 Å². The number of rotatable bonds is 7. The molecular formula is C20H30O2. The van der Waals surface area contributed by atoms with E-state index in [0.717, 1.165) is 73.8 Å². The predicted octanol–water partition coefficient (Wildman–Crippen LogP) is 5.50. The fourth-order valence-electron chi connectivity index (χ4n) is 3.88. The largest absolute Gasteiger partial charge is 0.496 e. The first-order valence-electron chi connectivity index (χ1n) is 8.81. The summed E-state index contributed by atoms with van der Waals surface area (Å²) in [5.41, 5.74) is 3.07. The minimum Gasteiger partial charge on any atom is -0.496 e. The number of unbranched alkanes of at least 4 members (excludes halogenated alkanes) is 2. The molecule has 0 amide bonds. The van der Waals surface area contributed by atoms with Crippen molar-refractivity contribution in [1.29, 1.82) is 0 Å². The number of methoxy groups -OCH3 is 1. The van der Waals surface area contributed by atoms with Crippen molar-refractivity contribution in [1.82, 2.24) is 0 Å². The van der Waals surface area contributed by atoms with Gasteiger partial charge in [-0.05, 0) is 44.2 Å². The van der Waals surface area contributed by atoms with Crippen LogP contribution in [0.1, 0.15) is 80.3 Å². The first-order valence-corrected chi connectivity index (χ1v) is 8.81. The molecule has 2 heteroatoms. The Labute approximate surface area is 135 Å². The summed E-state index contributed by atoms with van der Waals surface area (Å²) >= 11 is 0. The van der Waals surface area contributed by atoms with E-state index in [9.17, 15) is 4.79 Å². The molecule has 1 aromatic rings. The van der Waals surface area contributed by atoms with Crippen LogP contribution < -0.4 is 4.74 Å². The molecule has 0 fully saturated rings. The molecule has 0 spiro atoms. The van der Waals surface area contributed by atoms with Crippen LogP contribution in [0.3, 0.4) is 0 Å². The van der Waals surface area contributed by atoms with Gasteiger partial charge in [0.25, 0.3) is 0 Å². The molecular weight excluding hydrogens is 272 g/mol. The van der Waals surface area contributed by atoms with Crippen molar-refractivity contribution in [3.63, 3.8) is 0 Å². The molecule has 0 radical (unpaired) electrons. The second kappa shape index (κ2) is 7.30. The number of ketones is 1. The molecule has 0 atom stereocenters. The lowest BCUT2D eigenvalue weighted by Gasteiger charge is -2.38. The van der Waals surface area contributed by atoms with Gasteiger partial charge in [0.1, 0.15) is 5.75 Å². The Morgan fingerprint density at radius 2 is 1.77 bits per heavy atom. The van der Waals surface area contributed by atoms with E-state index in [-0.39, 0.29) is 5.41 Å². The Balaban J connectivity index is 2.43. The average Bonchev–Trinajstić information content (AvgIpc) is 2.53. The van der Waals surface area contributed by atoms with Crippen LogP contribution >= 0.6 is 0 Å². The zero-order chi connectivity index (χ0) is 16.2. The molecule has 0 N–H and O–H groups in total. The Kier molecular flexibility index (Phi) is 5.66. The van der Waals surface area contributed by atoms with Gasteiger partial charge in [-0.2, -0.15) is 0 Å². The molecule has 1 aliphatic rings. The Morgan fingerprint density at radius 1 is 1.14 bits per heavy atom. The maximum Gasteiger partial charge on any atom is 0.169 e. The third kappa shape index (κ3) is 3.06. The summed E-state index contributed by atoms with van der Waals surface area (Å²) in [6, 6.07) is 4.04. The van der Waals surface area contributed by atoms with Gasteiger partial charge in [0.2, 0.25) is 0 Å². The van der Waals surface area contributed by atoms with Gasteiger partial charge in [-0.15, -0.1) is 0 Å². The van der Waals surface area contributed by atoms with Gasteiger partial charge in [0.05, 0.1) is 7.11 Å². The molecule has 0 heterocycles. The van der Waals surface area contributed by atoms with E-state index in [1.165, 1.54) is 0 Å². The summed E-state index contributed by atoms with van der Waals surface area (Å²) in [6.45, 7) is 6.48. The number of Topliss-reactive ketones (excluding diaryl/α,β-unsaturated/α-hetero) is 1. The van der Waals surface area contributed by atoms with E-state index in [0.29, 0.717) is 5.78 Å². The van der Waals surface area contributed by atoms with Gasteiger partial charge in [-0.1, -0.05) is 45.6 Å². The highest BCUT2D eigenvalue weighted by Gasteiger charge is 2.42. The summed E-state index contributed by atoms with van der Waals surface area (Å²) in [5.74, 6) is 1.26. The average molecular weight is 302 g/mol. The molecule has 0 bridgehead atoms. The first-order chi connectivity index (χ1) is 10.6. The third-order valence-electron chi connectivity index (χ3n) is 5.28. The Morgan fingerprint density at radius 3 is 2.32 bits per heavy atom. The fourth-order valence-corrected chi connectivity index (χ4v) is 3.88. The van der Waals surface area contributed by atoms with Crippen molar-refractivity contribution >= 4 is 5.78 Å². The maximum absolute atomic E-state index is 13.4. The zero-order valence-electron chi connectivity index (χ0n) is 14.6. The molecule has 1 aromatic carbocycles. The van der Waals surface area contributed by atoms with Gasteiger partial charge in [-0.25, -0.2) is 0 Å². The quantitative estimate of drug-likeness (QED) is 0.665. The number of ether oxygens (including phenoxy) is 1. The second-order valence-corrected chi connectivity index (χ2v) is 6.75. The summed E-state index contributed by atoms with van der Waals surface area (Å²) in [7, 11) is 1.70. The minimum absolute atomic E-state index is 0.129.